The summed E-state index contributed by atoms with van der Waals surface area (Å²) in [5.74, 6) is 1.03. The fourth-order valence-corrected chi connectivity index (χ4v) is 1.49. The molecule has 4 nitrogen and oxygen atoms in total. The summed E-state index contributed by atoms with van der Waals surface area (Å²) in [5.41, 5.74) is 0. The van der Waals surface area contributed by atoms with Gasteiger partial charge in [0.25, 0.3) is 0 Å². The van der Waals surface area contributed by atoms with Crippen LogP contribution in [0.3, 0.4) is 0 Å². The normalized spacial score (nSPS) is 11.1. The lowest BCUT2D eigenvalue weighted by molar-refractivity contribution is 0.468. The molecule has 0 radical (unpaired) electrons. The number of hydrogen-bond acceptors (Lipinski definition) is 3. The SMILES string of the molecule is CCC(CC)NCc1nncn1CC. The fraction of sp³-hybridized carbons (Fsp3) is 0.800. The Morgan fingerprint density at radius 2 is 2.07 bits per heavy atom. The van der Waals surface area contributed by atoms with Crippen LogP contribution in [0.4, 0.5) is 0 Å². The fourth-order valence-electron chi connectivity index (χ4n) is 1.49. The monoisotopic (exact) mass is 196 g/mol. The van der Waals surface area contributed by atoms with Crippen molar-refractivity contribution in [2.45, 2.75) is 52.7 Å². The van der Waals surface area contributed by atoms with Crippen LogP contribution >= 0.6 is 0 Å². The van der Waals surface area contributed by atoms with Gasteiger partial charge in [0, 0.05) is 12.6 Å². The van der Waals surface area contributed by atoms with Gasteiger partial charge in [-0.25, -0.2) is 0 Å². The van der Waals surface area contributed by atoms with Gasteiger partial charge >= 0.3 is 0 Å². The maximum Gasteiger partial charge on any atom is 0.146 e. The number of aryl methyl sites for hydroxylation is 1. The van der Waals surface area contributed by atoms with Crippen molar-refractivity contribution in [1.82, 2.24) is 20.1 Å². The van der Waals surface area contributed by atoms with Crippen LogP contribution in [0, 0.1) is 0 Å². The average Bonchev–Trinajstić information content (AvgIpc) is 2.67. The molecule has 1 rings (SSSR count). The van der Waals surface area contributed by atoms with E-state index in [1.807, 2.05) is 0 Å². The highest BCUT2D eigenvalue weighted by molar-refractivity contribution is 4.85. The van der Waals surface area contributed by atoms with Crippen molar-refractivity contribution >= 4 is 0 Å². The van der Waals surface area contributed by atoms with Crippen LogP contribution in [-0.2, 0) is 13.1 Å². The zero-order valence-corrected chi connectivity index (χ0v) is 9.32. The largest absolute Gasteiger partial charge is 0.317 e. The van der Waals surface area contributed by atoms with Gasteiger partial charge in [0.2, 0.25) is 0 Å². The van der Waals surface area contributed by atoms with Gasteiger partial charge in [-0.3, -0.25) is 0 Å². The summed E-state index contributed by atoms with van der Waals surface area (Å²) in [4.78, 5) is 0. The first-order valence-corrected chi connectivity index (χ1v) is 5.41. The molecule has 0 aliphatic rings. The van der Waals surface area contributed by atoms with Crippen molar-refractivity contribution in [2.75, 3.05) is 0 Å². The van der Waals surface area contributed by atoms with E-state index >= 15 is 0 Å². The molecule has 0 aliphatic carbocycles. The Hall–Kier alpha value is -0.900. The molecule has 0 aliphatic heterocycles. The molecule has 1 N–H and O–H groups in total. The van der Waals surface area contributed by atoms with E-state index in [0.29, 0.717) is 6.04 Å². The summed E-state index contributed by atoms with van der Waals surface area (Å²) in [6.45, 7) is 8.26. The molecule has 0 saturated heterocycles. The number of hydrogen-bond donors (Lipinski definition) is 1. The molecule has 80 valence electrons. The van der Waals surface area contributed by atoms with Gasteiger partial charge in [0.1, 0.15) is 12.2 Å². The molecular weight excluding hydrogens is 176 g/mol. The van der Waals surface area contributed by atoms with Crippen LogP contribution < -0.4 is 5.32 Å². The summed E-state index contributed by atoms with van der Waals surface area (Å²) < 4.78 is 2.06. The first-order valence-electron chi connectivity index (χ1n) is 5.41. The van der Waals surface area contributed by atoms with Gasteiger partial charge in [-0.15, -0.1) is 10.2 Å². The highest BCUT2D eigenvalue weighted by Gasteiger charge is 2.05. The Labute approximate surface area is 85.7 Å². The maximum atomic E-state index is 4.08. The third-order valence-corrected chi connectivity index (χ3v) is 2.57. The first kappa shape index (κ1) is 11.2. The van der Waals surface area contributed by atoms with Crippen LogP contribution in [0.1, 0.15) is 39.4 Å². The van der Waals surface area contributed by atoms with Crippen LogP contribution in [0.25, 0.3) is 0 Å². The van der Waals surface area contributed by atoms with Crippen LogP contribution in [-0.4, -0.2) is 20.8 Å². The lowest BCUT2D eigenvalue weighted by atomic mass is 10.2. The molecule has 0 bridgehead atoms. The second-order valence-corrected chi connectivity index (χ2v) is 3.43. The summed E-state index contributed by atoms with van der Waals surface area (Å²) in [7, 11) is 0. The van der Waals surface area contributed by atoms with Gasteiger partial charge in [-0.05, 0) is 19.8 Å². The average molecular weight is 196 g/mol. The van der Waals surface area contributed by atoms with Gasteiger partial charge < -0.3 is 9.88 Å². The summed E-state index contributed by atoms with van der Waals surface area (Å²) in [6, 6.07) is 0.594. The first-order chi connectivity index (χ1) is 6.81. The minimum absolute atomic E-state index is 0.594. The number of aromatic nitrogens is 3. The standard InChI is InChI=1S/C10H20N4/c1-4-9(5-2)11-7-10-13-12-8-14(10)6-3/h8-9,11H,4-7H2,1-3H3. The minimum atomic E-state index is 0.594. The second kappa shape index (κ2) is 5.75. The number of nitrogens with one attached hydrogen (secondary N) is 1. The van der Waals surface area contributed by atoms with E-state index in [0.717, 1.165) is 31.8 Å². The van der Waals surface area contributed by atoms with E-state index in [2.05, 4.69) is 40.9 Å². The van der Waals surface area contributed by atoms with Gasteiger partial charge in [0.15, 0.2) is 0 Å². The lowest BCUT2D eigenvalue weighted by Gasteiger charge is -2.14. The molecule has 0 amide bonds. The van der Waals surface area contributed by atoms with Crippen molar-refractivity contribution < 1.29 is 0 Å². The van der Waals surface area contributed by atoms with E-state index in [1.165, 1.54) is 0 Å². The topological polar surface area (TPSA) is 42.7 Å². The van der Waals surface area contributed by atoms with Crippen molar-refractivity contribution in [3.05, 3.63) is 12.2 Å². The van der Waals surface area contributed by atoms with Crippen molar-refractivity contribution in [1.29, 1.82) is 0 Å². The third-order valence-electron chi connectivity index (χ3n) is 2.57. The highest BCUT2D eigenvalue weighted by Crippen LogP contribution is 1.99. The van der Waals surface area contributed by atoms with Crippen LogP contribution in [0.2, 0.25) is 0 Å². The Balaban J connectivity index is 2.44. The lowest BCUT2D eigenvalue weighted by Crippen LogP contribution is -2.28. The van der Waals surface area contributed by atoms with Crippen molar-refractivity contribution in [3.63, 3.8) is 0 Å². The quantitative estimate of drug-likeness (QED) is 0.751. The zero-order valence-electron chi connectivity index (χ0n) is 9.32. The van der Waals surface area contributed by atoms with E-state index in [9.17, 15) is 0 Å². The molecule has 0 unspecified atom stereocenters. The molecule has 1 aromatic rings. The predicted molar refractivity (Wildman–Crippen MR) is 56.9 cm³/mol. The van der Waals surface area contributed by atoms with Crippen molar-refractivity contribution in [2.24, 2.45) is 0 Å². The Morgan fingerprint density at radius 3 is 2.64 bits per heavy atom. The molecule has 14 heavy (non-hydrogen) atoms. The molecule has 0 fully saturated rings. The highest BCUT2D eigenvalue weighted by atomic mass is 15.3. The van der Waals surface area contributed by atoms with Crippen LogP contribution in [0.5, 0.6) is 0 Å². The zero-order chi connectivity index (χ0) is 10.4. The predicted octanol–water partition coefficient (Wildman–Crippen LogP) is 1.58. The van der Waals surface area contributed by atoms with E-state index in [1.54, 1.807) is 6.33 Å². The van der Waals surface area contributed by atoms with E-state index < -0.39 is 0 Å². The minimum Gasteiger partial charge on any atom is -0.317 e. The van der Waals surface area contributed by atoms with Gasteiger partial charge in [-0.1, -0.05) is 13.8 Å². The summed E-state index contributed by atoms with van der Waals surface area (Å²) in [5, 5.41) is 11.4. The Kier molecular flexibility index (Phi) is 4.59. The molecule has 0 spiro atoms. The molecule has 0 aromatic carbocycles. The molecule has 0 saturated carbocycles. The molecule has 1 aromatic heterocycles. The summed E-state index contributed by atoms with van der Waals surface area (Å²) >= 11 is 0. The molecular formula is C10H20N4. The Morgan fingerprint density at radius 1 is 1.36 bits per heavy atom. The summed E-state index contributed by atoms with van der Waals surface area (Å²) in [6.07, 6.45) is 4.11. The Bertz CT molecular complexity index is 252. The number of nitrogens with zero attached hydrogens (tertiary/aromatic N) is 3. The molecule has 4 heteroatoms. The van der Waals surface area contributed by atoms with E-state index in [4.69, 9.17) is 0 Å². The molecule has 1 heterocycles. The van der Waals surface area contributed by atoms with Crippen LogP contribution in [0.15, 0.2) is 6.33 Å². The van der Waals surface area contributed by atoms with Crippen molar-refractivity contribution in [3.8, 4) is 0 Å². The molecule has 0 atom stereocenters. The number of rotatable bonds is 6. The maximum absolute atomic E-state index is 4.08. The van der Waals surface area contributed by atoms with E-state index in [-0.39, 0.29) is 0 Å². The van der Waals surface area contributed by atoms with Gasteiger partial charge in [-0.2, -0.15) is 0 Å². The third kappa shape index (κ3) is 2.80. The second-order valence-electron chi connectivity index (χ2n) is 3.43. The smallest absolute Gasteiger partial charge is 0.146 e. The van der Waals surface area contributed by atoms with Gasteiger partial charge in [0.05, 0.1) is 6.54 Å².